The maximum Gasteiger partial charge on any atom is 0.260 e. The highest BCUT2D eigenvalue weighted by molar-refractivity contribution is 6.30. The lowest BCUT2D eigenvalue weighted by atomic mass is 10.1. The minimum Gasteiger partial charge on any atom is -0.484 e. The summed E-state index contributed by atoms with van der Waals surface area (Å²) in [5, 5.41) is 0.600. The molecule has 1 aliphatic heterocycles. The smallest absolute Gasteiger partial charge is 0.260 e. The van der Waals surface area contributed by atoms with Crippen molar-refractivity contribution in [1.29, 1.82) is 0 Å². The maximum atomic E-state index is 14.0. The van der Waals surface area contributed by atoms with Gasteiger partial charge in [-0.15, -0.1) is 0 Å². The van der Waals surface area contributed by atoms with Crippen molar-refractivity contribution in [2.24, 2.45) is 0 Å². The molecule has 1 atom stereocenters. The van der Waals surface area contributed by atoms with Gasteiger partial charge in [-0.2, -0.15) is 0 Å². The number of benzene rings is 2. The molecule has 1 heterocycles. The standard InChI is InChI=1S/C20H21ClFNO3/c21-16-7-9-17(10-8-16)26-14-20(24)23(13-18-5-3-11-25-18)12-15-4-1-2-6-19(15)22/h1-2,4,6-10,18H,3,5,11-14H2. The van der Waals surface area contributed by atoms with Gasteiger partial charge in [-0.25, -0.2) is 4.39 Å². The Morgan fingerprint density at radius 1 is 1.23 bits per heavy atom. The van der Waals surface area contributed by atoms with Gasteiger partial charge in [0.2, 0.25) is 0 Å². The Morgan fingerprint density at radius 3 is 2.69 bits per heavy atom. The van der Waals surface area contributed by atoms with Gasteiger partial charge in [0.05, 0.1) is 6.10 Å². The molecule has 26 heavy (non-hydrogen) atoms. The third kappa shape index (κ3) is 5.19. The minimum absolute atomic E-state index is 0.0127. The predicted molar refractivity (Wildman–Crippen MR) is 97.7 cm³/mol. The summed E-state index contributed by atoms with van der Waals surface area (Å²) in [5.74, 6) is 0.0284. The van der Waals surface area contributed by atoms with E-state index in [-0.39, 0.29) is 31.0 Å². The molecule has 0 bridgehead atoms. The first-order chi connectivity index (χ1) is 12.6. The zero-order chi connectivity index (χ0) is 18.4. The van der Waals surface area contributed by atoms with E-state index in [4.69, 9.17) is 21.1 Å². The summed E-state index contributed by atoms with van der Waals surface area (Å²) in [4.78, 5) is 14.3. The van der Waals surface area contributed by atoms with Crippen molar-refractivity contribution in [3.05, 3.63) is 64.9 Å². The van der Waals surface area contributed by atoms with E-state index < -0.39 is 0 Å². The SMILES string of the molecule is O=C(COc1ccc(Cl)cc1)N(Cc1ccccc1F)CC1CCCO1. The molecular weight excluding hydrogens is 357 g/mol. The van der Waals surface area contributed by atoms with E-state index in [2.05, 4.69) is 0 Å². The Labute approximate surface area is 157 Å². The average Bonchev–Trinajstić information content (AvgIpc) is 3.15. The Morgan fingerprint density at radius 2 is 2.00 bits per heavy atom. The first kappa shape index (κ1) is 18.7. The molecule has 2 aromatic carbocycles. The summed E-state index contributed by atoms with van der Waals surface area (Å²) >= 11 is 5.84. The summed E-state index contributed by atoms with van der Waals surface area (Å²) in [5.41, 5.74) is 0.477. The lowest BCUT2D eigenvalue weighted by molar-refractivity contribution is -0.135. The van der Waals surface area contributed by atoms with Crippen LogP contribution in [0.1, 0.15) is 18.4 Å². The Bertz CT molecular complexity index is 732. The monoisotopic (exact) mass is 377 g/mol. The summed E-state index contributed by atoms with van der Waals surface area (Å²) in [6, 6.07) is 13.3. The molecule has 1 fully saturated rings. The van der Waals surface area contributed by atoms with Gasteiger partial charge < -0.3 is 14.4 Å². The third-order valence-electron chi connectivity index (χ3n) is 4.30. The van der Waals surface area contributed by atoms with Crippen molar-refractivity contribution in [3.8, 4) is 5.75 Å². The molecule has 0 aliphatic carbocycles. The minimum atomic E-state index is -0.323. The van der Waals surface area contributed by atoms with Gasteiger partial charge in [0.15, 0.2) is 6.61 Å². The van der Waals surface area contributed by atoms with Crippen molar-refractivity contribution in [2.45, 2.75) is 25.5 Å². The van der Waals surface area contributed by atoms with Crippen LogP contribution in [0.2, 0.25) is 5.02 Å². The fraction of sp³-hybridized carbons (Fsp3) is 0.350. The van der Waals surface area contributed by atoms with Gasteiger partial charge in [-0.1, -0.05) is 29.8 Å². The third-order valence-corrected chi connectivity index (χ3v) is 4.55. The molecule has 1 saturated heterocycles. The first-order valence-electron chi connectivity index (χ1n) is 8.63. The number of halogens is 2. The van der Waals surface area contributed by atoms with Gasteiger partial charge in [-0.05, 0) is 43.2 Å². The number of carbonyl (C=O) groups excluding carboxylic acids is 1. The van der Waals surface area contributed by atoms with E-state index in [0.29, 0.717) is 29.5 Å². The number of hydrogen-bond acceptors (Lipinski definition) is 3. The van der Waals surface area contributed by atoms with Crippen LogP contribution in [0, 0.1) is 5.82 Å². The van der Waals surface area contributed by atoms with Crippen molar-refractivity contribution in [3.63, 3.8) is 0 Å². The fourth-order valence-corrected chi connectivity index (χ4v) is 3.01. The fourth-order valence-electron chi connectivity index (χ4n) is 2.89. The molecular formula is C20H21ClFNO3. The van der Waals surface area contributed by atoms with Gasteiger partial charge in [0, 0.05) is 30.3 Å². The summed E-state index contributed by atoms with van der Waals surface area (Å²) in [6.07, 6.45) is 1.87. The van der Waals surface area contributed by atoms with E-state index in [1.807, 2.05) is 0 Å². The second kappa shape index (κ2) is 9.01. The van der Waals surface area contributed by atoms with Crippen LogP contribution < -0.4 is 4.74 Å². The van der Waals surface area contributed by atoms with Gasteiger partial charge in [0.25, 0.3) is 5.91 Å². The largest absolute Gasteiger partial charge is 0.484 e. The first-order valence-corrected chi connectivity index (χ1v) is 9.01. The number of carbonyl (C=O) groups is 1. The maximum absolute atomic E-state index is 14.0. The van der Waals surface area contributed by atoms with Crippen LogP contribution in [0.15, 0.2) is 48.5 Å². The number of rotatable bonds is 7. The molecule has 1 aliphatic rings. The lowest BCUT2D eigenvalue weighted by Gasteiger charge is -2.26. The second-order valence-electron chi connectivity index (χ2n) is 6.24. The highest BCUT2D eigenvalue weighted by Crippen LogP contribution is 2.18. The molecule has 3 rings (SSSR count). The molecule has 0 saturated carbocycles. The van der Waals surface area contributed by atoms with E-state index in [1.54, 1.807) is 47.4 Å². The zero-order valence-electron chi connectivity index (χ0n) is 14.4. The van der Waals surface area contributed by atoms with Crippen LogP contribution in [-0.4, -0.2) is 36.7 Å². The van der Waals surface area contributed by atoms with Crippen molar-refractivity contribution < 1.29 is 18.7 Å². The summed E-state index contributed by atoms with van der Waals surface area (Å²) in [6.45, 7) is 1.20. The number of nitrogens with zero attached hydrogens (tertiary/aromatic N) is 1. The topological polar surface area (TPSA) is 38.8 Å². The molecule has 0 aromatic heterocycles. The molecule has 6 heteroatoms. The van der Waals surface area contributed by atoms with Crippen LogP contribution in [0.5, 0.6) is 5.75 Å². The molecule has 1 unspecified atom stereocenters. The Kier molecular flexibility index (Phi) is 6.47. The molecule has 4 nitrogen and oxygen atoms in total. The van der Waals surface area contributed by atoms with E-state index in [9.17, 15) is 9.18 Å². The predicted octanol–water partition coefficient (Wildman–Crippen LogP) is 4.07. The van der Waals surface area contributed by atoms with Crippen LogP contribution in [0.3, 0.4) is 0 Å². The molecule has 0 radical (unpaired) electrons. The Hall–Kier alpha value is -2.11. The highest BCUT2D eigenvalue weighted by atomic mass is 35.5. The van der Waals surface area contributed by atoms with Gasteiger partial charge >= 0.3 is 0 Å². The number of ether oxygens (including phenoxy) is 2. The van der Waals surface area contributed by atoms with Gasteiger partial charge in [0.1, 0.15) is 11.6 Å². The van der Waals surface area contributed by atoms with E-state index in [0.717, 1.165) is 12.8 Å². The number of hydrogen-bond donors (Lipinski definition) is 0. The molecule has 0 N–H and O–H groups in total. The summed E-state index contributed by atoms with van der Waals surface area (Å²) in [7, 11) is 0. The normalized spacial score (nSPS) is 16.5. The van der Waals surface area contributed by atoms with Crippen LogP contribution in [-0.2, 0) is 16.1 Å². The summed E-state index contributed by atoms with van der Waals surface area (Å²) < 4.78 is 25.2. The van der Waals surface area contributed by atoms with E-state index >= 15 is 0 Å². The molecule has 0 spiro atoms. The van der Waals surface area contributed by atoms with Crippen LogP contribution >= 0.6 is 11.6 Å². The molecule has 1 amide bonds. The quantitative estimate of drug-likeness (QED) is 0.730. The van der Waals surface area contributed by atoms with Crippen molar-refractivity contribution in [2.75, 3.05) is 19.8 Å². The molecule has 138 valence electrons. The highest BCUT2D eigenvalue weighted by Gasteiger charge is 2.23. The second-order valence-corrected chi connectivity index (χ2v) is 6.68. The zero-order valence-corrected chi connectivity index (χ0v) is 15.1. The lowest BCUT2D eigenvalue weighted by Crippen LogP contribution is -2.39. The van der Waals surface area contributed by atoms with Crippen LogP contribution in [0.25, 0.3) is 0 Å². The van der Waals surface area contributed by atoms with Crippen LogP contribution in [0.4, 0.5) is 4.39 Å². The van der Waals surface area contributed by atoms with Crippen molar-refractivity contribution >= 4 is 17.5 Å². The van der Waals surface area contributed by atoms with Crippen molar-refractivity contribution in [1.82, 2.24) is 4.90 Å². The Balaban J connectivity index is 1.65. The number of amides is 1. The molecule has 2 aromatic rings. The average molecular weight is 378 g/mol. The van der Waals surface area contributed by atoms with Gasteiger partial charge in [-0.3, -0.25) is 4.79 Å². The van der Waals surface area contributed by atoms with E-state index in [1.165, 1.54) is 6.07 Å².